The van der Waals surface area contributed by atoms with E-state index in [1.165, 1.54) is 6.26 Å². The molecule has 6 nitrogen and oxygen atoms in total. The third kappa shape index (κ3) is 4.97. The number of aryl methyl sites for hydroxylation is 1. The number of hydrogen-bond donors (Lipinski definition) is 0. The molecule has 0 saturated heterocycles. The zero-order chi connectivity index (χ0) is 20.6. The van der Waals surface area contributed by atoms with E-state index in [0.29, 0.717) is 13.2 Å². The van der Waals surface area contributed by atoms with E-state index in [2.05, 4.69) is 35.0 Å². The molecule has 1 aliphatic carbocycles. The topological polar surface area (TPSA) is 62.7 Å². The van der Waals surface area contributed by atoms with E-state index in [1.807, 2.05) is 25.3 Å². The molecule has 1 fully saturated rings. The molecule has 1 saturated carbocycles. The van der Waals surface area contributed by atoms with Gasteiger partial charge in [0.05, 0.1) is 11.9 Å². The minimum Gasteiger partial charge on any atom is -0.492 e. The minimum atomic E-state index is -3.21. The molecule has 2 aliphatic rings. The van der Waals surface area contributed by atoms with Gasteiger partial charge in [-0.15, -0.1) is 0 Å². The van der Waals surface area contributed by atoms with Gasteiger partial charge in [0, 0.05) is 43.5 Å². The van der Waals surface area contributed by atoms with Crippen LogP contribution in [0.25, 0.3) is 0 Å². The van der Waals surface area contributed by atoms with Crippen LogP contribution in [0.15, 0.2) is 36.5 Å². The molecule has 1 aromatic heterocycles. The Bertz CT molecular complexity index is 971. The molecule has 1 aliphatic heterocycles. The highest BCUT2D eigenvalue weighted by atomic mass is 32.2. The van der Waals surface area contributed by atoms with Crippen molar-refractivity contribution >= 4 is 10.0 Å². The first-order valence-electron chi connectivity index (χ1n) is 10.2. The second kappa shape index (κ2) is 8.05. The zero-order valence-electron chi connectivity index (χ0n) is 17.3. The molecule has 7 heteroatoms. The highest BCUT2D eigenvalue weighted by Crippen LogP contribution is 2.32. The van der Waals surface area contributed by atoms with Crippen molar-refractivity contribution in [3.63, 3.8) is 0 Å². The highest BCUT2D eigenvalue weighted by molar-refractivity contribution is 7.88. The van der Waals surface area contributed by atoms with Gasteiger partial charge in [-0.25, -0.2) is 8.42 Å². The third-order valence-electron chi connectivity index (χ3n) is 5.66. The van der Waals surface area contributed by atoms with Gasteiger partial charge in [0.1, 0.15) is 12.4 Å². The Labute approximate surface area is 173 Å². The number of nitrogens with zero attached hydrogens (tertiary/aromatic N) is 3. The molecule has 0 amide bonds. The van der Waals surface area contributed by atoms with Crippen LogP contribution in [0, 0.1) is 6.92 Å². The van der Waals surface area contributed by atoms with Crippen LogP contribution in [0.1, 0.15) is 42.1 Å². The summed E-state index contributed by atoms with van der Waals surface area (Å²) in [5.41, 5.74) is 4.30. The van der Waals surface area contributed by atoms with Gasteiger partial charge in [-0.1, -0.05) is 12.1 Å². The fraction of sp³-hybridized carbons (Fsp3) is 0.500. The largest absolute Gasteiger partial charge is 0.492 e. The molecule has 2 heterocycles. The average Bonchev–Trinajstić information content (AvgIpc) is 3.50. The number of ether oxygens (including phenoxy) is 1. The summed E-state index contributed by atoms with van der Waals surface area (Å²) in [5.74, 6) is 0.886. The second-order valence-corrected chi connectivity index (χ2v) is 10.3. The molecule has 0 spiro atoms. The van der Waals surface area contributed by atoms with E-state index >= 15 is 0 Å². The fourth-order valence-electron chi connectivity index (χ4n) is 3.76. The molecule has 0 unspecified atom stereocenters. The maximum atomic E-state index is 12.2. The van der Waals surface area contributed by atoms with E-state index in [-0.39, 0.29) is 12.1 Å². The van der Waals surface area contributed by atoms with Crippen LogP contribution < -0.4 is 4.74 Å². The molecule has 156 valence electrons. The first kappa shape index (κ1) is 20.3. The Morgan fingerprint density at radius 2 is 2.03 bits per heavy atom. The quantitative estimate of drug-likeness (QED) is 0.726. The Kier molecular flexibility index (Phi) is 5.64. The molecular formula is C22H29N3O3S. The van der Waals surface area contributed by atoms with Gasteiger partial charge in [0.15, 0.2) is 0 Å². The molecule has 0 bridgehead atoms. The lowest BCUT2D eigenvalue weighted by atomic mass is 10.1. The summed E-state index contributed by atoms with van der Waals surface area (Å²) in [6, 6.07) is 10.6. The van der Waals surface area contributed by atoms with Crippen LogP contribution in [0.2, 0.25) is 0 Å². The Morgan fingerprint density at radius 1 is 1.24 bits per heavy atom. The van der Waals surface area contributed by atoms with E-state index in [0.717, 1.165) is 54.1 Å². The third-order valence-corrected chi connectivity index (χ3v) is 6.94. The van der Waals surface area contributed by atoms with Crippen molar-refractivity contribution in [3.05, 3.63) is 58.9 Å². The monoisotopic (exact) mass is 415 g/mol. The van der Waals surface area contributed by atoms with Crippen molar-refractivity contribution in [2.45, 2.75) is 58.4 Å². The lowest BCUT2D eigenvalue weighted by Crippen LogP contribution is -2.34. The number of sulfonamides is 1. The highest BCUT2D eigenvalue weighted by Gasteiger charge is 2.35. The predicted octanol–water partition coefficient (Wildman–Crippen LogP) is 3.10. The summed E-state index contributed by atoms with van der Waals surface area (Å²) >= 11 is 0. The lowest BCUT2D eigenvalue weighted by Gasteiger charge is -2.25. The smallest absolute Gasteiger partial charge is 0.211 e. The SMILES string of the molecule is Cc1ccc(CN2Cc3cc(CN(C4CC4)S(C)(=O)=O)ccc3OC[C@@H]2C)nc1. The Hall–Kier alpha value is -1.96. The fourth-order valence-corrected chi connectivity index (χ4v) is 4.89. The molecule has 2 aromatic rings. The standard InChI is InChI=1S/C22H29N3O3S/c1-16-4-6-20(23-11-16)14-24-13-19-10-18(5-9-22(19)28-15-17(24)2)12-25(21-7-8-21)29(3,26)27/h4-6,9-11,17,21H,7-8,12-15H2,1-3H3/t17-/m0/s1. The molecule has 4 rings (SSSR count). The number of hydrogen-bond acceptors (Lipinski definition) is 5. The summed E-state index contributed by atoms with van der Waals surface area (Å²) in [7, 11) is -3.21. The first-order chi connectivity index (χ1) is 13.8. The second-order valence-electron chi connectivity index (χ2n) is 8.37. The minimum absolute atomic E-state index is 0.157. The van der Waals surface area contributed by atoms with Crippen molar-refractivity contribution in [1.29, 1.82) is 0 Å². The van der Waals surface area contributed by atoms with Crippen LogP contribution in [0.4, 0.5) is 0 Å². The maximum Gasteiger partial charge on any atom is 0.211 e. The normalized spacial score (nSPS) is 20.2. The number of rotatable bonds is 6. The van der Waals surface area contributed by atoms with Crippen molar-refractivity contribution in [2.75, 3.05) is 12.9 Å². The van der Waals surface area contributed by atoms with Gasteiger partial charge in [0.25, 0.3) is 0 Å². The summed E-state index contributed by atoms with van der Waals surface area (Å²) in [6.45, 7) is 6.76. The average molecular weight is 416 g/mol. The summed E-state index contributed by atoms with van der Waals surface area (Å²) < 4.78 is 32.0. The van der Waals surface area contributed by atoms with Gasteiger partial charge in [0.2, 0.25) is 10.0 Å². The maximum absolute atomic E-state index is 12.2. The van der Waals surface area contributed by atoms with Crippen molar-refractivity contribution in [3.8, 4) is 5.75 Å². The summed E-state index contributed by atoms with van der Waals surface area (Å²) in [4.78, 5) is 6.91. The van der Waals surface area contributed by atoms with E-state index in [9.17, 15) is 8.42 Å². The number of aromatic nitrogens is 1. The molecule has 0 N–H and O–H groups in total. The van der Waals surface area contributed by atoms with Crippen LogP contribution in [0.3, 0.4) is 0 Å². The van der Waals surface area contributed by atoms with Crippen LogP contribution in [-0.4, -0.2) is 47.6 Å². The molecule has 1 atom stereocenters. The number of pyridine rings is 1. The number of fused-ring (bicyclic) bond motifs is 1. The predicted molar refractivity (Wildman–Crippen MR) is 113 cm³/mol. The van der Waals surface area contributed by atoms with Gasteiger partial charge < -0.3 is 4.74 Å². The van der Waals surface area contributed by atoms with Crippen molar-refractivity contribution < 1.29 is 13.2 Å². The number of benzene rings is 1. The lowest BCUT2D eigenvalue weighted by molar-refractivity contribution is 0.150. The van der Waals surface area contributed by atoms with Crippen molar-refractivity contribution in [1.82, 2.24) is 14.2 Å². The molecule has 0 radical (unpaired) electrons. The van der Waals surface area contributed by atoms with Crippen molar-refractivity contribution in [2.24, 2.45) is 0 Å². The molecule has 29 heavy (non-hydrogen) atoms. The van der Waals surface area contributed by atoms with E-state index in [4.69, 9.17) is 4.74 Å². The van der Waals surface area contributed by atoms with E-state index < -0.39 is 10.0 Å². The van der Waals surface area contributed by atoms with Crippen LogP contribution in [0.5, 0.6) is 5.75 Å². The molecule has 1 aromatic carbocycles. The Morgan fingerprint density at radius 3 is 2.69 bits per heavy atom. The Balaban J connectivity index is 1.54. The van der Waals surface area contributed by atoms with Gasteiger partial charge >= 0.3 is 0 Å². The van der Waals surface area contributed by atoms with Gasteiger partial charge in [-0.05, 0) is 56.0 Å². The summed E-state index contributed by atoms with van der Waals surface area (Å²) in [6.07, 6.45) is 5.11. The summed E-state index contributed by atoms with van der Waals surface area (Å²) in [5, 5.41) is 0. The van der Waals surface area contributed by atoms with Crippen LogP contribution >= 0.6 is 0 Å². The van der Waals surface area contributed by atoms with Gasteiger partial charge in [-0.2, -0.15) is 4.31 Å². The first-order valence-corrected chi connectivity index (χ1v) is 12.0. The van der Waals surface area contributed by atoms with Gasteiger partial charge in [-0.3, -0.25) is 9.88 Å². The van der Waals surface area contributed by atoms with Crippen LogP contribution in [-0.2, 0) is 29.7 Å². The zero-order valence-corrected chi connectivity index (χ0v) is 18.2. The van der Waals surface area contributed by atoms with E-state index in [1.54, 1.807) is 4.31 Å². The molecular weight excluding hydrogens is 386 g/mol.